The monoisotopic (exact) mass is 381 g/mol. The van der Waals surface area contributed by atoms with Gasteiger partial charge in [-0.05, 0) is 48.1 Å². The third kappa shape index (κ3) is 3.68. The number of rotatable bonds is 4. The largest absolute Gasteiger partial charge is 0.392 e. The van der Waals surface area contributed by atoms with Crippen molar-refractivity contribution in [3.05, 3.63) is 58.1 Å². The molecule has 0 spiro atoms. The first-order valence-electron chi connectivity index (χ1n) is 9.22. The molecule has 1 saturated heterocycles. The van der Waals surface area contributed by atoms with Gasteiger partial charge < -0.3 is 14.6 Å². The van der Waals surface area contributed by atoms with Crippen molar-refractivity contribution in [1.82, 2.24) is 14.5 Å². The van der Waals surface area contributed by atoms with Crippen LogP contribution in [0.25, 0.3) is 17.1 Å². The second kappa shape index (κ2) is 7.66. The van der Waals surface area contributed by atoms with Gasteiger partial charge in [-0.1, -0.05) is 12.1 Å². The normalized spacial score (nSPS) is 17.9. The van der Waals surface area contributed by atoms with Crippen LogP contribution < -0.4 is 0 Å². The summed E-state index contributed by atoms with van der Waals surface area (Å²) in [7, 11) is 2.06. The van der Waals surface area contributed by atoms with Crippen LogP contribution in [0.4, 0.5) is 0 Å². The van der Waals surface area contributed by atoms with Crippen molar-refractivity contribution in [3.63, 3.8) is 0 Å². The molecule has 0 bridgehead atoms. The van der Waals surface area contributed by atoms with E-state index in [-0.39, 0.29) is 18.4 Å². The van der Waals surface area contributed by atoms with Gasteiger partial charge in [0.05, 0.1) is 17.6 Å². The van der Waals surface area contributed by atoms with Crippen LogP contribution >= 0.6 is 11.3 Å². The van der Waals surface area contributed by atoms with Crippen molar-refractivity contribution in [1.29, 1.82) is 0 Å². The van der Waals surface area contributed by atoms with Gasteiger partial charge in [-0.2, -0.15) is 0 Å². The molecular weight excluding hydrogens is 358 g/mol. The highest BCUT2D eigenvalue weighted by molar-refractivity contribution is 7.11. The molecule has 0 radical (unpaired) electrons. The number of aliphatic hydroxyl groups is 1. The Morgan fingerprint density at radius 1 is 1.41 bits per heavy atom. The van der Waals surface area contributed by atoms with E-state index in [0.29, 0.717) is 6.54 Å². The Bertz CT molecular complexity index is 988. The number of carbonyl (C=O) groups is 1. The van der Waals surface area contributed by atoms with Crippen LogP contribution in [-0.4, -0.2) is 38.6 Å². The van der Waals surface area contributed by atoms with E-state index in [1.165, 1.54) is 11.3 Å². The van der Waals surface area contributed by atoms with E-state index in [4.69, 9.17) is 10.1 Å². The maximum absolute atomic E-state index is 12.6. The molecule has 1 aromatic carbocycles. The number of aromatic nitrogens is 2. The number of nitrogens with zero attached hydrogens (tertiary/aromatic N) is 3. The highest BCUT2D eigenvalue weighted by atomic mass is 32.1. The second-order valence-corrected chi connectivity index (χ2v) is 7.93. The first-order valence-corrected chi connectivity index (χ1v) is 10.1. The first kappa shape index (κ1) is 17.9. The smallest absolute Gasteiger partial charge is 0.246 e. The predicted molar refractivity (Wildman–Crippen MR) is 109 cm³/mol. The standard InChI is InChI=1S/C21H23N3O2S/c1-23-19-7-3-2-6-18(19)22-21(23)16-5-4-10-24(12-16)20(26)9-8-17-11-15(13-25)14-27-17/h2-3,6-9,11,14,16,25H,4-5,10,12-13H2,1H3/b9-8+. The lowest BCUT2D eigenvalue weighted by Gasteiger charge is -2.31. The summed E-state index contributed by atoms with van der Waals surface area (Å²) < 4.78 is 2.16. The Labute approximate surface area is 162 Å². The zero-order valence-electron chi connectivity index (χ0n) is 15.3. The average molecular weight is 382 g/mol. The quantitative estimate of drug-likeness (QED) is 0.703. The van der Waals surface area contributed by atoms with Crippen LogP contribution in [0.3, 0.4) is 0 Å². The fourth-order valence-electron chi connectivity index (χ4n) is 3.74. The summed E-state index contributed by atoms with van der Waals surface area (Å²) in [5, 5.41) is 11.1. The van der Waals surface area contributed by atoms with Crippen LogP contribution in [0.15, 0.2) is 41.8 Å². The van der Waals surface area contributed by atoms with E-state index in [1.807, 2.05) is 40.6 Å². The van der Waals surface area contributed by atoms with Gasteiger partial charge >= 0.3 is 0 Å². The molecule has 1 atom stereocenters. The average Bonchev–Trinajstić information content (AvgIpc) is 3.31. The Morgan fingerprint density at radius 3 is 3.04 bits per heavy atom. The lowest BCUT2D eigenvalue weighted by atomic mass is 9.97. The molecule has 6 heteroatoms. The zero-order chi connectivity index (χ0) is 18.8. The fourth-order valence-corrected chi connectivity index (χ4v) is 4.54. The second-order valence-electron chi connectivity index (χ2n) is 6.99. The van der Waals surface area contributed by atoms with Crippen molar-refractivity contribution in [2.45, 2.75) is 25.4 Å². The summed E-state index contributed by atoms with van der Waals surface area (Å²) in [6.07, 6.45) is 5.52. The summed E-state index contributed by atoms with van der Waals surface area (Å²) in [6.45, 7) is 1.52. The number of fused-ring (bicyclic) bond motifs is 1. The summed E-state index contributed by atoms with van der Waals surface area (Å²) in [5.41, 5.74) is 3.02. The van der Waals surface area contributed by atoms with Gasteiger partial charge in [0.15, 0.2) is 0 Å². The molecule has 27 heavy (non-hydrogen) atoms. The van der Waals surface area contributed by atoms with Crippen LogP contribution in [0, 0.1) is 0 Å². The number of hydrogen-bond donors (Lipinski definition) is 1. The van der Waals surface area contributed by atoms with Gasteiger partial charge in [0.25, 0.3) is 0 Å². The number of imidazole rings is 1. The van der Waals surface area contributed by atoms with Crippen LogP contribution in [0.2, 0.25) is 0 Å². The number of likely N-dealkylation sites (tertiary alicyclic amines) is 1. The molecule has 1 unspecified atom stereocenters. The Morgan fingerprint density at radius 2 is 2.26 bits per heavy atom. The Hall–Kier alpha value is -2.44. The molecule has 3 aromatic rings. The number of benzene rings is 1. The van der Waals surface area contributed by atoms with E-state index in [1.54, 1.807) is 6.08 Å². The van der Waals surface area contributed by atoms with E-state index < -0.39 is 0 Å². The summed E-state index contributed by atoms with van der Waals surface area (Å²) >= 11 is 1.53. The van der Waals surface area contributed by atoms with E-state index in [0.717, 1.165) is 46.7 Å². The number of hydrogen-bond acceptors (Lipinski definition) is 4. The molecule has 1 aliphatic rings. The molecule has 140 valence electrons. The molecule has 1 fully saturated rings. The molecule has 1 N–H and O–H groups in total. The number of carbonyl (C=O) groups excluding carboxylic acids is 1. The van der Waals surface area contributed by atoms with E-state index in [9.17, 15) is 4.79 Å². The molecular formula is C21H23N3O2S. The number of para-hydroxylation sites is 2. The number of piperidine rings is 1. The maximum Gasteiger partial charge on any atom is 0.246 e. The topological polar surface area (TPSA) is 58.4 Å². The highest BCUT2D eigenvalue weighted by Crippen LogP contribution is 2.29. The molecule has 1 aliphatic heterocycles. The lowest BCUT2D eigenvalue weighted by Crippen LogP contribution is -2.38. The van der Waals surface area contributed by atoms with Crippen molar-refractivity contribution >= 4 is 34.4 Å². The van der Waals surface area contributed by atoms with Gasteiger partial charge in [0.2, 0.25) is 5.91 Å². The molecule has 1 amide bonds. The minimum Gasteiger partial charge on any atom is -0.392 e. The fraction of sp³-hybridized carbons (Fsp3) is 0.333. The molecule has 2 aromatic heterocycles. The molecule has 0 saturated carbocycles. The molecule has 4 rings (SSSR count). The van der Waals surface area contributed by atoms with Crippen molar-refractivity contribution in [3.8, 4) is 0 Å². The number of amides is 1. The zero-order valence-corrected chi connectivity index (χ0v) is 16.2. The maximum atomic E-state index is 12.6. The molecule has 5 nitrogen and oxygen atoms in total. The minimum atomic E-state index is 0.0319. The Balaban J connectivity index is 1.48. The van der Waals surface area contributed by atoms with Crippen molar-refractivity contribution in [2.75, 3.05) is 13.1 Å². The number of aryl methyl sites for hydroxylation is 1. The van der Waals surface area contributed by atoms with E-state index in [2.05, 4.69) is 17.7 Å². The summed E-state index contributed by atoms with van der Waals surface area (Å²) in [4.78, 5) is 20.4. The molecule has 3 heterocycles. The van der Waals surface area contributed by atoms with E-state index >= 15 is 0 Å². The molecule has 0 aliphatic carbocycles. The van der Waals surface area contributed by atoms with Crippen LogP contribution in [-0.2, 0) is 18.4 Å². The van der Waals surface area contributed by atoms with Crippen LogP contribution in [0.5, 0.6) is 0 Å². The van der Waals surface area contributed by atoms with Crippen LogP contribution in [0.1, 0.15) is 35.0 Å². The third-order valence-electron chi connectivity index (χ3n) is 5.17. The Kier molecular flexibility index (Phi) is 5.09. The number of thiophene rings is 1. The van der Waals surface area contributed by atoms with Crippen molar-refractivity contribution in [2.24, 2.45) is 7.05 Å². The predicted octanol–water partition coefficient (Wildman–Crippen LogP) is 3.55. The van der Waals surface area contributed by atoms with Crippen molar-refractivity contribution < 1.29 is 9.90 Å². The minimum absolute atomic E-state index is 0.0319. The highest BCUT2D eigenvalue weighted by Gasteiger charge is 2.27. The third-order valence-corrected chi connectivity index (χ3v) is 6.11. The van der Waals surface area contributed by atoms with Gasteiger partial charge in [-0.3, -0.25) is 4.79 Å². The first-order chi connectivity index (χ1) is 13.2. The number of aliphatic hydroxyl groups excluding tert-OH is 1. The van der Waals surface area contributed by atoms with Gasteiger partial charge in [0.1, 0.15) is 5.82 Å². The summed E-state index contributed by atoms with van der Waals surface area (Å²) in [6, 6.07) is 10.1. The van der Waals surface area contributed by atoms with Gasteiger partial charge in [0, 0.05) is 37.0 Å². The SMILES string of the molecule is Cn1c(C2CCCN(C(=O)/C=C/c3cc(CO)cs3)C2)nc2ccccc21. The summed E-state index contributed by atoms with van der Waals surface area (Å²) in [5.74, 6) is 1.36. The lowest BCUT2D eigenvalue weighted by molar-refractivity contribution is -0.127. The van der Waals surface area contributed by atoms with Gasteiger partial charge in [-0.15, -0.1) is 11.3 Å². The van der Waals surface area contributed by atoms with Gasteiger partial charge in [-0.25, -0.2) is 4.98 Å².